The van der Waals surface area contributed by atoms with Gasteiger partial charge in [0.05, 0.1) is 6.04 Å². The average molecular weight is 542 g/mol. The summed E-state index contributed by atoms with van der Waals surface area (Å²) in [6.45, 7) is 2.30. The van der Waals surface area contributed by atoms with Crippen molar-refractivity contribution < 1.29 is 28.7 Å². The van der Waals surface area contributed by atoms with E-state index in [1.165, 1.54) is 0 Å². The average Bonchev–Trinajstić information content (AvgIpc) is 3.56. The quantitative estimate of drug-likeness (QED) is 0.336. The van der Waals surface area contributed by atoms with Crippen LogP contribution in [0.25, 0.3) is 0 Å². The molecule has 212 valence electrons. The summed E-state index contributed by atoms with van der Waals surface area (Å²) in [5.41, 5.74) is 1.72. The molecular formula is C28H39N5O6. The Morgan fingerprint density at radius 3 is 2.33 bits per heavy atom. The van der Waals surface area contributed by atoms with E-state index in [4.69, 9.17) is 4.74 Å². The van der Waals surface area contributed by atoms with Gasteiger partial charge < -0.3 is 30.9 Å². The molecule has 4 rings (SSSR count). The van der Waals surface area contributed by atoms with Crippen LogP contribution in [-0.4, -0.2) is 71.8 Å². The predicted molar refractivity (Wildman–Crippen MR) is 142 cm³/mol. The number of likely N-dealkylation sites (N-methyl/N-ethyl adjacent to an activating group) is 1. The molecule has 5 atom stereocenters. The normalized spacial score (nSPS) is 25.6. The van der Waals surface area contributed by atoms with E-state index < -0.39 is 24.2 Å². The Labute approximate surface area is 228 Å². The zero-order valence-corrected chi connectivity index (χ0v) is 22.7. The van der Waals surface area contributed by atoms with Gasteiger partial charge >= 0.3 is 5.97 Å². The highest BCUT2D eigenvalue weighted by atomic mass is 16.6. The van der Waals surface area contributed by atoms with Gasteiger partial charge in [-0.1, -0.05) is 37.1 Å². The Kier molecular flexibility index (Phi) is 9.55. The van der Waals surface area contributed by atoms with Crippen LogP contribution < -0.4 is 21.3 Å². The van der Waals surface area contributed by atoms with Crippen molar-refractivity contribution in [3.8, 4) is 0 Å². The molecule has 0 saturated carbocycles. The van der Waals surface area contributed by atoms with Crippen LogP contribution in [0.15, 0.2) is 24.3 Å². The number of carbonyl (C=O) groups is 5. The van der Waals surface area contributed by atoms with Crippen LogP contribution >= 0.6 is 0 Å². The van der Waals surface area contributed by atoms with Crippen molar-refractivity contribution >= 4 is 29.6 Å². The number of benzene rings is 1. The van der Waals surface area contributed by atoms with E-state index in [1.807, 2.05) is 24.3 Å². The lowest BCUT2D eigenvalue weighted by molar-refractivity contribution is -0.148. The number of rotatable bonds is 9. The minimum Gasteiger partial charge on any atom is -0.452 e. The molecule has 11 nitrogen and oxygen atoms in total. The van der Waals surface area contributed by atoms with E-state index in [9.17, 15) is 24.0 Å². The lowest BCUT2D eigenvalue weighted by Gasteiger charge is -2.35. The monoisotopic (exact) mass is 541 g/mol. The van der Waals surface area contributed by atoms with Crippen molar-refractivity contribution in [1.82, 2.24) is 26.2 Å². The first-order valence-corrected chi connectivity index (χ1v) is 13.9. The van der Waals surface area contributed by atoms with Crippen LogP contribution in [0.3, 0.4) is 0 Å². The Bertz CT molecular complexity index is 1090. The predicted octanol–water partition coefficient (Wildman–Crippen LogP) is 0.651. The molecule has 0 aliphatic carbocycles. The van der Waals surface area contributed by atoms with Crippen LogP contribution in [0.5, 0.6) is 0 Å². The molecule has 3 aliphatic rings. The second-order valence-electron chi connectivity index (χ2n) is 10.6. The maximum Gasteiger partial charge on any atom is 0.306 e. The van der Waals surface area contributed by atoms with Gasteiger partial charge in [0, 0.05) is 32.0 Å². The topological polar surface area (TPSA) is 146 Å². The van der Waals surface area contributed by atoms with Crippen LogP contribution in [-0.2, 0) is 41.8 Å². The molecule has 3 aliphatic heterocycles. The van der Waals surface area contributed by atoms with Gasteiger partial charge in [-0.3, -0.25) is 24.0 Å². The third-order valence-electron chi connectivity index (χ3n) is 7.88. The van der Waals surface area contributed by atoms with Gasteiger partial charge in [-0.05, 0) is 50.8 Å². The molecule has 1 aromatic rings. The zero-order chi connectivity index (χ0) is 27.9. The summed E-state index contributed by atoms with van der Waals surface area (Å²) >= 11 is 0. The fourth-order valence-corrected chi connectivity index (χ4v) is 5.52. The summed E-state index contributed by atoms with van der Waals surface area (Å²) in [4.78, 5) is 64.5. The first-order valence-electron chi connectivity index (χ1n) is 13.9. The summed E-state index contributed by atoms with van der Waals surface area (Å²) in [7, 11) is 1.70. The summed E-state index contributed by atoms with van der Waals surface area (Å²) in [6, 6.07) is 5.89. The van der Waals surface area contributed by atoms with Crippen LogP contribution in [0.4, 0.5) is 0 Å². The van der Waals surface area contributed by atoms with Crippen molar-refractivity contribution in [3.05, 3.63) is 35.4 Å². The summed E-state index contributed by atoms with van der Waals surface area (Å²) < 4.78 is 5.00. The fraction of sp³-hybridized carbons (Fsp3) is 0.607. The van der Waals surface area contributed by atoms with Crippen LogP contribution in [0.2, 0.25) is 0 Å². The number of carbonyl (C=O) groups excluding carboxylic acids is 5. The number of esters is 1. The molecular weight excluding hydrogens is 502 g/mol. The number of amides is 4. The number of hydrogen-bond donors (Lipinski definition) is 4. The first kappa shape index (κ1) is 28.5. The Morgan fingerprint density at radius 2 is 1.67 bits per heavy atom. The van der Waals surface area contributed by atoms with Gasteiger partial charge in [-0.15, -0.1) is 0 Å². The van der Waals surface area contributed by atoms with E-state index in [0.717, 1.165) is 36.8 Å². The molecule has 0 aromatic heterocycles. The van der Waals surface area contributed by atoms with E-state index in [1.54, 1.807) is 18.9 Å². The van der Waals surface area contributed by atoms with Crippen molar-refractivity contribution in [1.29, 1.82) is 0 Å². The highest BCUT2D eigenvalue weighted by Crippen LogP contribution is 2.31. The van der Waals surface area contributed by atoms with Gasteiger partial charge in [0.2, 0.25) is 17.7 Å². The highest BCUT2D eigenvalue weighted by Gasteiger charge is 2.43. The number of fused-ring (bicyclic) bond motifs is 1. The minimum atomic E-state index is -0.735. The number of nitrogens with zero attached hydrogens (tertiary/aromatic N) is 1. The van der Waals surface area contributed by atoms with Gasteiger partial charge in [-0.25, -0.2) is 0 Å². The SMILES string of the molecule is CN[C@@H](C)C(=O)NC1CCCCC2CCC(C(=O)NCc3cccc(CNC(=O)[C@@H]4CCC(=O)O4)c3)N2C1=O. The van der Waals surface area contributed by atoms with Crippen molar-refractivity contribution in [2.75, 3.05) is 7.05 Å². The molecule has 4 amide bonds. The largest absolute Gasteiger partial charge is 0.452 e. The maximum absolute atomic E-state index is 13.5. The lowest BCUT2D eigenvalue weighted by Crippen LogP contribution is -2.57. The van der Waals surface area contributed by atoms with Gasteiger partial charge in [0.25, 0.3) is 5.91 Å². The maximum atomic E-state index is 13.5. The van der Waals surface area contributed by atoms with Crippen LogP contribution in [0, 0.1) is 0 Å². The molecule has 3 heterocycles. The molecule has 0 radical (unpaired) electrons. The number of ether oxygens (including phenoxy) is 1. The molecule has 1 aromatic carbocycles. The summed E-state index contributed by atoms with van der Waals surface area (Å²) in [5.74, 6) is -1.29. The Balaban J connectivity index is 1.34. The van der Waals surface area contributed by atoms with E-state index in [-0.39, 0.29) is 55.2 Å². The molecule has 0 spiro atoms. The van der Waals surface area contributed by atoms with Crippen molar-refractivity contribution in [2.45, 2.75) is 102 Å². The van der Waals surface area contributed by atoms with Crippen molar-refractivity contribution in [2.24, 2.45) is 0 Å². The molecule has 3 saturated heterocycles. The van der Waals surface area contributed by atoms with E-state index in [2.05, 4.69) is 21.3 Å². The third kappa shape index (κ3) is 7.14. The summed E-state index contributed by atoms with van der Waals surface area (Å²) in [6.07, 6.45) is 4.49. The van der Waals surface area contributed by atoms with Crippen LogP contribution in [0.1, 0.15) is 69.4 Å². The Morgan fingerprint density at radius 1 is 0.974 bits per heavy atom. The number of nitrogens with one attached hydrogen (secondary N) is 4. The number of hydrogen-bond acceptors (Lipinski definition) is 7. The molecule has 11 heteroatoms. The second-order valence-corrected chi connectivity index (χ2v) is 10.6. The standard InChI is InChI=1S/C28H39N5O6/c1-17(29-2)25(35)32-21-9-4-3-8-20-10-11-22(33(20)28(21)38)26(36)30-15-18-6-5-7-19(14-18)16-31-27(37)23-12-13-24(34)39-23/h5-7,14,17,20-23,29H,3-4,8-13,15-16H2,1-2H3,(H,30,36)(H,31,37)(H,32,35)/t17-,20?,21?,22?,23-/m0/s1. The van der Waals surface area contributed by atoms with E-state index in [0.29, 0.717) is 19.3 Å². The molecule has 3 unspecified atom stereocenters. The van der Waals surface area contributed by atoms with Gasteiger partial charge in [-0.2, -0.15) is 0 Å². The van der Waals surface area contributed by atoms with Crippen molar-refractivity contribution in [3.63, 3.8) is 0 Å². The molecule has 0 bridgehead atoms. The highest BCUT2D eigenvalue weighted by molar-refractivity contribution is 5.93. The zero-order valence-electron chi connectivity index (χ0n) is 22.7. The molecule has 3 fully saturated rings. The van der Waals surface area contributed by atoms with E-state index >= 15 is 0 Å². The second kappa shape index (κ2) is 13.1. The number of cyclic esters (lactones) is 1. The first-order chi connectivity index (χ1) is 18.8. The van der Waals surface area contributed by atoms with Gasteiger partial charge in [0.15, 0.2) is 6.10 Å². The third-order valence-corrected chi connectivity index (χ3v) is 7.88. The fourth-order valence-electron chi connectivity index (χ4n) is 5.52. The summed E-state index contributed by atoms with van der Waals surface area (Å²) in [5, 5.41) is 11.6. The Hall–Kier alpha value is -3.47. The molecule has 4 N–H and O–H groups in total. The molecule has 39 heavy (non-hydrogen) atoms. The van der Waals surface area contributed by atoms with Gasteiger partial charge in [0.1, 0.15) is 12.1 Å². The minimum absolute atomic E-state index is 0.000700. The smallest absolute Gasteiger partial charge is 0.306 e. The lowest BCUT2D eigenvalue weighted by atomic mass is 9.98.